The topological polar surface area (TPSA) is 6.48 Å². The van der Waals surface area contributed by atoms with Crippen LogP contribution in [0.25, 0.3) is 55.3 Å². The van der Waals surface area contributed by atoms with Crippen molar-refractivity contribution in [3.8, 4) is 44.5 Å². The molecule has 0 fully saturated rings. The van der Waals surface area contributed by atoms with Crippen LogP contribution in [-0.4, -0.2) is 6.85 Å². The van der Waals surface area contributed by atoms with Crippen LogP contribution in [0.1, 0.15) is 68.0 Å². The van der Waals surface area contributed by atoms with E-state index in [1.54, 1.807) is 0 Å². The van der Waals surface area contributed by atoms with Gasteiger partial charge in [-0.25, -0.2) is 0 Å². The highest BCUT2D eigenvalue weighted by Crippen LogP contribution is 2.55. The predicted octanol–water partition coefficient (Wildman–Crippen LogP) is 15.4. The summed E-state index contributed by atoms with van der Waals surface area (Å²) in [7, 11) is 0. The monoisotopic (exact) mass is 836 g/mol. The van der Waals surface area contributed by atoms with Crippen molar-refractivity contribution in [2.45, 2.75) is 66.2 Å². The third-order valence-electron chi connectivity index (χ3n) is 15.0. The molecular formula is C62H53BN2. The molecule has 0 aromatic heterocycles. The second-order valence-corrected chi connectivity index (χ2v) is 20.3. The van der Waals surface area contributed by atoms with Crippen molar-refractivity contribution in [2.24, 2.45) is 0 Å². The van der Waals surface area contributed by atoms with E-state index in [0.717, 1.165) is 0 Å². The molecule has 9 aromatic carbocycles. The van der Waals surface area contributed by atoms with Crippen molar-refractivity contribution in [2.75, 3.05) is 9.71 Å². The zero-order valence-electron chi connectivity index (χ0n) is 38.7. The Morgan fingerprint density at radius 3 is 1.94 bits per heavy atom. The minimum absolute atomic E-state index is 0.0231. The van der Waals surface area contributed by atoms with E-state index in [-0.39, 0.29) is 17.7 Å². The van der Waals surface area contributed by atoms with Gasteiger partial charge < -0.3 is 9.71 Å². The lowest BCUT2D eigenvalue weighted by molar-refractivity contribution is 0.590. The van der Waals surface area contributed by atoms with Crippen molar-refractivity contribution < 1.29 is 0 Å². The molecule has 0 spiro atoms. The molecule has 0 unspecified atom stereocenters. The molecule has 3 heteroatoms. The maximum Gasteiger partial charge on any atom is 0.333 e. The maximum absolute atomic E-state index is 2.70. The van der Waals surface area contributed by atoms with E-state index in [1.165, 1.54) is 128 Å². The summed E-state index contributed by atoms with van der Waals surface area (Å²) in [6.07, 6.45) is 0. The third kappa shape index (κ3) is 5.87. The van der Waals surface area contributed by atoms with E-state index < -0.39 is 0 Å². The Kier molecular flexibility index (Phi) is 8.63. The minimum Gasteiger partial charge on any atom is -0.376 e. The maximum atomic E-state index is 2.70. The van der Waals surface area contributed by atoms with Crippen LogP contribution < -0.4 is 20.6 Å². The molecular weight excluding hydrogens is 784 g/mol. The summed E-state index contributed by atoms with van der Waals surface area (Å²) in [4.78, 5) is 5.34. The van der Waals surface area contributed by atoms with Crippen LogP contribution in [0.15, 0.2) is 176 Å². The zero-order chi connectivity index (χ0) is 44.5. The largest absolute Gasteiger partial charge is 0.376 e. The first-order valence-corrected chi connectivity index (χ1v) is 23.3. The van der Waals surface area contributed by atoms with Crippen LogP contribution in [0, 0.1) is 20.8 Å². The third-order valence-corrected chi connectivity index (χ3v) is 15.0. The number of benzene rings is 9. The molecule has 0 atom stereocenters. The quantitative estimate of drug-likeness (QED) is 0.163. The standard InChI is InChI=1S/C62H53BN2/c1-38-17-16-18-39(2)58(38)44-34-51-49-31-27-43-21-12-13-22-47(43)60(49)65(46-29-25-42(26-30-46)41-19-10-9-11-20-41)63-54-36-50-48-23-14-15-24-52(48)62(7,8)53(50)37-56(54)64(57(35-44)59(51)63)55-32-28-45(33-40(55)3)61(4,5)6/h9-37H,1-8H3. The van der Waals surface area contributed by atoms with Crippen molar-refractivity contribution in [1.82, 2.24) is 0 Å². The van der Waals surface area contributed by atoms with Gasteiger partial charge in [-0.1, -0.05) is 174 Å². The summed E-state index contributed by atoms with van der Waals surface area (Å²) < 4.78 is 0. The van der Waals surface area contributed by atoms with Gasteiger partial charge in [-0.3, -0.25) is 0 Å². The van der Waals surface area contributed by atoms with Gasteiger partial charge in [0, 0.05) is 44.8 Å². The second-order valence-electron chi connectivity index (χ2n) is 20.3. The Labute approximate surface area is 385 Å². The Morgan fingerprint density at radius 1 is 0.477 bits per heavy atom. The first-order valence-electron chi connectivity index (χ1n) is 23.3. The van der Waals surface area contributed by atoms with E-state index in [4.69, 9.17) is 0 Å². The number of aryl methyl sites for hydroxylation is 3. The van der Waals surface area contributed by atoms with Crippen LogP contribution in [0.2, 0.25) is 0 Å². The van der Waals surface area contributed by atoms with Gasteiger partial charge in [-0.05, 0) is 151 Å². The molecule has 1 aliphatic carbocycles. The molecule has 0 saturated carbocycles. The molecule has 2 aliphatic heterocycles. The van der Waals surface area contributed by atoms with Gasteiger partial charge in [0.2, 0.25) is 0 Å². The molecule has 9 aromatic rings. The van der Waals surface area contributed by atoms with E-state index >= 15 is 0 Å². The summed E-state index contributed by atoms with van der Waals surface area (Å²) in [5, 5.41) is 2.50. The average Bonchev–Trinajstić information content (AvgIpc) is 3.53. The average molecular weight is 837 g/mol. The smallest absolute Gasteiger partial charge is 0.333 e. The van der Waals surface area contributed by atoms with Crippen LogP contribution in [0.5, 0.6) is 0 Å². The van der Waals surface area contributed by atoms with Gasteiger partial charge in [-0.15, -0.1) is 0 Å². The van der Waals surface area contributed by atoms with Gasteiger partial charge >= 0.3 is 6.85 Å². The molecule has 0 N–H and O–H groups in total. The highest BCUT2D eigenvalue weighted by molar-refractivity contribution is 6.94. The molecule has 3 aliphatic rings. The Morgan fingerprint density at radius 2 is 1.18 bits per heavy atom. The molecule has 0 amide bonds. The van der Waals surface area contributed by atoms with E-state index in [9.17, 15) is 0 Å². The molecule has 12 rings (SSSR count). The summed E-state index contributed by atoms with van der Waals surface area (Å²) in [5.74, 6) is 0. The predicted molar refractivity (Wildman–Crippen MR) is 279 cm³/mol. The lowest BCUT2D eigenvalue weighted by Gasteiger charge is -2.47. The molecule has 0 radical (unpaired) electrons. The fourth-order valence-corrected chi connectivity index (χ4v) is 11.7. The molecule has 2 heterocycles. The number of nitrogens with zero attached hydrogens (tertiary/aromatic N) is 2. The molecule has 0 saturated heterocycles. The normalized spacial score (nSPS) is 14.2. The van der Waals surface area contributed by atoms with Crippen LogP contribution in [0.3, 0.4) is 0 Å². The fraction of sp³-hybridized carbons (Fsp3) is 0.161. The first kappa shape index (κ1) is 39.5. The van der Waals surface area contributed by atoms with Gasteiger partial charge in [0.25, 0.3) is 0 Å². The zero-order valence-corrected chi connectivity index (χ0v) is 38.7. The van der Waals surface area contributed by atoms with Crippen molar-refractivity contribution in [3.63, 3.8) is 0 Å². The van der Waals surface area contributed by atoms with Crippen molar-refractivity contribution in [3.05, 3.63) is 209 Å². The number of anilines is 5. The molecule has 2 nitrogen and oxygen atoms in total. The molecule has 65 heavy (non-hydrogen) atoms. The number of fused-ring (bicyclic) bond motifs is 9. The van der Waals surface area contributed by atoms with Gasteiger partial charge in [0.1, 0.15) is 0 Å². The van der Waals surface area contributed by atoms with Crippen molar-refractivity contribution >= 4 is 57.0 Å². The van der Waals surface area contributed by atoms with Gasteiger partial charge in [0.15, 0.2) is 0 Å². The fourth-order valence-electron chi connectivity index (χ4n) is 11.7. The lowest BCUT2D eigenvalue weighted by Crippen LogP contribution is -2.61. The number of rotatable bonds is 4. The Hall–Kier alpha value is -7.10. The number of hydrogen-bond acceptors (Lipinski definition) is 2. The van der Waals surface area contributed by atoms with Gasteiger partial charge in [-0.2, -0.15) is 0 Å². The lowest BCUT2D eigenvalue weighted by atomic mass is 9.43. The van der Waals surface area contributed by atoms with Crippen molar-refractivity contribution in [1.29, 1.82) is 0 Å². The molecule has 314 valence electrons. The van der Waals surface area contributed by atoms with Crippen LogP contribution >= 0.6 is 0 Å². The van der Waals surface area contributed by atoms with E-state index in [0.29, 0.717) is 0 Å². The van der Waals surface area contributed by atoms with E-state index in [1.807, 2.05) is 0 Å². The second kappa shape index (κ2) is 14.2. The Balaban J connectivity index is 1.24. The van der Waals surface area contributed by atoms with Crippen LogP contribution in [-0.2, 0) is 10.8 Å². The minimum atomic E-state index is -0.175. The van der Waals surface area contributed by atoms with E-state index in [2.05, 4.69) is 241 Å². The van der Waals surface area contributed by atoms with Crippen LogP contribution in [0.4, 0.5) is 28.4 Å². The summed E-state index contributed by atoms with van der Waals surface area (Å²) in [6, 6.07) is 67.0. The molecule has 0 bridgehead atoms. The first-order chi connectivity index (χ1) is 31.4. The summed E-state index contributed by atoms with van der Waals surface area (Å²) in [6.45, 7) is 18.5. The summed E-state index contributed by atoms with van der Waals surface area (Å²) in [5.41, 5.74) is 26.8. The highest BCUT2D eigenvalue weighted by Gasteiger charge is 2.48. The Bertz CT molecular complexity index is 3410. The SMILES string of the molecule is Cc1cc(C(C)(C)C)ccc1N1c2cc3c(cc2B2c4c(cc(-c5c(C)cccc5C)cc41)-c1ccc4ccccc4c1N2c1ccc(-c2ccccc2)cc1)-c1ccccc1C3(C)C. The highest BCUT2D eigenvalue weighted by atomic mass is 15.2. The number of hydrogen-bond donors (Lipinski definition) is 0. The summed E-state index contributed by atoms with van der Waals surface area (Å²) >= 11 is 0. The van der Waals surface area contributed by atoms with Gasteiger partial charge in [0.05, 0.1) is 0 Å².